The predicted molar refractivity (Wildman–Crippen MR) is 85.3 cm³/mol. The number of nitrogens with one attached hydrogen (secondary N) is 1. The highest BCUT2D eigenvalue weighted by Gasteiger charge is 2.38. The molecule has 0 aromatic heterocycles. The molecule has 2 atom stereocenters. The van der Waals surface area contributed by atoms with E-state index in [9.17, 15) is 4.79 Å². The maximum absolute atomic E-state index is 12.2. The van der Waals surface area contributed by atoms with Crippen molar-refractivity contribution in [1.29, 1.82) is 0 Å². The van der Waals surface area contributed by atoms with Crippen molar-refractivity contribution >= 4 is 6.09 Å². The number of hydrogen-bond acceptors (Lipinski definition) is 3. The van der Waals surface area contributed by atoms with Crippen molar-refractivity contribution in [1.82, 2.24) is 10.2 Å². The Bertz CT molecular complexity index is 347. The van der Waals surface area contributed by atoms with Crippen molar-refractivity contribution in [3.63, 3.8) is 0 Å². The van der Waals surface area contributed by atoms with Gasteiger partial charge in [-0.25, -0.2) is 4.79 Å². The van der Waals surface area contributed by atoms with E-state index in [1.807, 2.05) is 25.7 Å². The lowest BCUT2D eigenvalue weighted by Gasteiger charge is -2.38. The zero-order valence-electron chi connectivity index (χ0n) is 14.2. The second kappa shape index (κ2) is 6.99. The standard InChI is InChI=1S/C17H32N2O2/c1-5-10-18-15(13-7-6-8-13)14-9-11-19(12-14)16(20)21-17(2,3)4/h13-15,18H,5-12H2,1-4H3. The molecule has 1 amide bonds. The molecule has 2 aliphatic rings. The molecule has 21 heavy (non-hydrogen) atoms. The van der Waals surface area contributed by atoms with E-state index in [2.05, 4.69) is 12.2 Å². The van der Waals surface area contributed by atoms with Crippen LogP contribution in [0.3, 0.4) is 0 Å². The third-order valence-electron chi connectivity index (χ3n) is 4.67. The van der Waals surface area contributed by atoms with Crippen LogP contribution in [0.1, 0.15) is 59.8 Å². The lowest BCUT2D eigenvalue weighted by Crippen LogP contribution is -2.46. The molecule has 1 aliphatic heterocycles. The monoisotopic (exact) mass is 296 g/mol. The Kier molecular flexibility index (Phi) is 5.53. The Morgan fingerprint density at radius 2 is 2.00 bits per heavy atom. The van der Waals surface area contributed by atoms with E-state index in [0.29, 0.717) is 12.0 Å². The Morgan fingerprint density at radius 1 is 1.29 bits per heavy atom. The number of ether oxygens (including phenoxy) is 1. The molecule has 1 aliphatic carbocycles. The van der Waals surface area contributed by atoms with Gasteiger partial charge in [0, 0.05) is 19.1 Å². The van der Waals surface area contributed by atoms with E-state index in [1.165, 1.54) is 25.7 Å². The van der Waals surface area contributed by atoms with Gasteiger partial charge in [0.2, 0.25) is 0 Å². The molecule has 1 N–H and O–H groups in total. The van der Waals surface area contributed by atoms with E-state index >= 15 is 0 Å². The molecule has 2 rings (SSSR count). The first kappa shape index (κ1) is 16.6. The van der Waals surface area contributed by atoms with Crippen molar-refractivity contribution < 1.29 is 9.53 Å². The maximum atomic E-state index is 12.2. The minimum Gasteiger partial charge on any atom is -0.444 e. The summed E-state index contributed by atoms with van der Waals surface area (Å²) in [5, 5.41) is 3.74. The second-order valence-electron chi connectivity index (χ2n) is 7.65. The van der Waals surface area contributed by atoms with Gasteiger partial charge >= 0.3 is 6.09 Å². The number of carbonyl (C=O) groups is 1. The van der Waals surface area contributed by atoms with Gasteiger partial charge in [0.15, 0.2) is 0 Å². The number of amides is 1. The number of nitrogens with zero attached hydrogens (tertiary/aromatic N) is 1. The smallest absolute Gasteiger partial charge is 0.410 e. The Hall–Kier alpha value is -0.770. The average Bonchev–Trinajstić information content (AvgIpc) is 2.79. The minimum absolute atomic E-state index is 0.146. The predicted octanol–water partition coefficient (Wildman–Crippen LogP) is 3.41. The minimum atomic E-state index is -0.400. The molecule has 0 radical (unpaired) electrons. The van der Waals surface area contributed by atoms with Gasteiger partial charge in [-0.05, 0) is 64.8 Å². The summed E-state index contributed by atoms with van der Waals surface area (Å²) in [5.41, 5.74) is -0.400. The number of likely N-dealkylation sites (tertiary alicyclic amines) is 1. The molecule has 0 bridgehead atoms. The van der Waals surface area contributed by atoms with Crippen LogP contribution in [0.25, 0.3) is 0 Å². The van der Waals surface area contributed by atoms with Gasteiger partial charge in [-0.15, -0.1) is 0 Å². The van der Waals surface area contributed by atoms with Crippen molar-refractivity contribution in [2.45, 2.75) is 71.4 Å². The first-order valence-corrected chi connectivity index (χ1v) is 8.62. The van der Waals surface area contributed by atoms with Crippen LogP contribution in [0.5, 0.6) is 0 Å². The summed E-state index contributed by atoms with van der Waals surface area (Å²) in [4.78, 5) is 14.1. The van der Waals surface area contributed by atoms with Crippen LogP contribution in [0.2, 0.25) is 0 Å². The third kappa shape index (κ3) is 4.60. The van der Waals surface area contributed by atoms with Crippen molar-refractivity contribution in [3.8, 4) is 0 Å². The van der Waals surface area contributed by atoms with Gasteiger partial charge in [-0.1, -0.05) is 13.3 Å². The van der Waals surface area contributed by atoms with Crippen LogP contribution in [-0.2, 0) is 4.74 Å². The highest BCUT2D eigenvalue weighted by Crippen LogP contribution is 2.36. The fraction of sp³-hybridized carbons (Fsp3) is 0.941. The molecular formula is C17H32N2O2. The highest BCUT2D eigenvalue weighted by molar-refractivity contribution is 5.68. The summed E-state index contributed by atoms with van der Waals surface area (Å²) in [6, 6.07) is 0.589. The summed E-state index contributed by atoms with van der Waals surface area (Å²) in [5.74, 6) is 1.41. The fourth-order valence-electron chi connectivity index (χ4n) is 3.40. The van der Waals surface area contributed by atoms with Crippen LogP contribution in [0, 0.1) is 11.8 Å². The van der Waals surface area contributed by atoms with Crippen LogP contribution in [-0.4, -0.2) is 42.3 Å². The van der Waals surface area contributed by atoms with Gasteiger partial charge in [0.05, 0.1) is 0 Å². The molecule has 4 nitrogen and oxygen atoms in total. The molecule has 1 saturated heterocycles. The van der Waals surface area contributed by atoms with E-state index in [-0.39, 0.29) is 6.09 Å². The van der Waals surface area contributed by atoms with E-state index in [4.69, 9.17) is 4.74 Å². The van der Waals surface area contributed by atoms with Gasteiger partial charge in [-0.2, -0.15) is 0 Å². The molecule has 2 unspecified atom stereocenters. The summed E-state index contributed by atoms with van der Waals surface area (Å²) in [6.07, 6.45) is 6.21. The van der Waals surface area contributed by atoms with Crippen LogP contribution < -0.4 is 5.32 Å². The normalized spacial score (nSPS) is 24.8. The summed E-state index contributed by atoms with van der Waals surface area (Å²) in [7, 11) is 0. The molecule has 0 aromatic carbocycles. The fourth-order valence-corrected chi connectivity index (χ4v) is 3.40. The Labute approximate surface area is 129 Å². The third-order valence-corrected chi connectivity index (χ3v) is 4.67. The van der Waals surface area contributed by atoms with Gasteiger partial charge in [0.25, 0.3) is 0 Å². The molecule has 0 spiro atoms. The highest BCUT2D eigenvalue weighted by atomic mass is 16.6. The molecule has 0 aromatic rings. The largest absolute Gasteiger partial charge is 0.444 e. The van der Waals surface area contributed by atoms with E-state index < -0.39 is 5.60 Å². The van der Waals surface area contributed by atoms with E-state index in [0.717, 1.165) is 32.0 Å². The van der Waals surface area contributed by atoms with Crippen LogP contribution in [0.4, 0.5) is 4.79 Å². The molecule has 4 heteroatoms. The molecule has 1 heterocycles. The van der Waals surface area contributed by atoms with Gasteiger partial charge < -0.3 is 15.0 Å². The molecule has 1 saturated carbocycles. The zero-order valence-corrected chi connectivity index (χ0v) is 14.2. The molecule has 122 valence electrons. The lowest BCUT2D eigenvalue weighted by molar-refractivity contribution is 0.0280. The Balaban J connectivity index is 1.88. The van der Waals surface area contributed by atoms with Crippen LogP contribution >= 0.6 is 0 Å². The average molecular weight is 296 g/mol. The van der Waals surface area contributed by atoms with Crippen molar-refractivity contribution in [3.05, 3.63) is 0 Å². The topological polar surface area (TPSA) is 41.6 Å². The summed E-state index contributed by atoms with van der Waals surface area (Å²) >= 11 is 0. The van der Waals surface area contributed by atoms with Crippen molar-refractivity contribution in [2.24, 2.45) is 11.8 Å². The lowest BCUT2D eigenvalue weighted by atomic mass is 9.74. The first-order valence-electron chi connectivity index (χ1n) is 8.62. The quantitative estimate of drug-likeness (QED) is 0.845. The van der Waals surface area contributed by atoms with Crippen LogP contribution in [0.15, 0.2) is 0 Å². The maximum Gasteiger partial charge on any atom is 0.410 e. The number of carbonyl (C=O) groups excluding carboxylic acids is 1. The van der Waals surface area contributed by atoms with E-state index in [1.54, 1.807) is 0 Å². The Morgan fingerprint density at radius 3 is 2.52 bits per heavy atom. The van der Waals surface area contributed by atoms with Gasteiger partial charge in [-0.3, -0.25) is 0 Å². The zero-order chi connectivity index (χ0) is 15.5. The number of hydrogen-bond donors (Lipinski definition) is 1. The summed E-state index contributed by atoms with van der Waals surface area (Å²) < 4.78 is 5.50. The van der Waals surface area contributed by atoms with Crippen molar-refractivity contribution in [2.75, 3.05) is 19.6 Å². The second-order valence-corrected chi connectivity index (χ2v) is 7.65. The molecular weight excluding hydrogens is 264 g/mol. The number of rotatable bonds is 5. The SMILES string of the molecule is CCCNC(C1CCC1)C1CCN(C(=O)OC(C)(C)C)C1. The molecule has 2 fully saturated rings. The summed E-state index contributed by atoms with van der Waals surface area (Å²) in [6.45, 7) is 10.8. The first-order chi connectivity index (χ1) is 9.90. The van der Waals surface area contributed by atoms with Gasteiger partial charge in [0.1, 0.15) is 5.60 Å².